The molecule has 0 unspecified atom stereocenters. The lowest BCUT2D eigenvalue weighted by Gasteiger charge is -2.28. The summed E-state index contributed by atoms with van der Waals surface area (Å²) >= 11 is 0. The third kappa shape index (κ3) is 2.41. The minimum Gasteiger partial charge on any atom is -0.468 e. The van der Waals surface area contributed by atoms with E-state index in [0.29, 0.717) is 0 Å². The average Bonchev–Trinajstić information content (AvgIpc) is 3.04. The molecule has 2 amide bonds. The molecular weight excluding hydrogens is 322 g/mol. The summed E-state index contributed by atoms with van der Waals surface area (Å²) in [5.41, 5.74) is 0.659. The minimum atomic E-state index is -1.23. The van der Waals surface area contributed by atoms with Gasteiger partial charge in [0.1, 0.15) is 5.54 Å². The summed E-state index contributed by atoms with van der Waals surface area (Å²) < 4.78 is 4.91. The van der Waals surface area contributed by atoms with Gasteiger partial charge in [0.15, 0.2) is 0 Å². The second kappa shape index (κ2) is 5.84. The van der Waals surface area contributed by atoms with E-state index in [2.05, 4.69) is 5.32 Å². The lowest BCUT2D eigenvalue weighted by Crippen LogP contribution is -2.53. The van der Waals surface area contributed by atoms with E-state index in [9.17, 15) is 14.4 Å². The van der Waals surface area contributed by atoms with Crippen LogP contribution in [0.15, 0.2) is 24.3 Å². The zero-order valence-electron chi connectivity index (χ0n) is 15.1. The van der Waals surface area contributed by atoms with Gasteiger partial charge in [-0.3, -0.25) is 24.6 Å². The zero-order chi connectivity index (χ0) is 18.5. The Hall–Kier alpha value is -2.41. The predicted octanol–water partition coefficient (Wildman–Crippen LogP) is 0.560. The van der Waals surface area contributed by atoms with Crippen LogP contribution in [0.3, 0.4) is 0 Å². The number of ether oxygens (including phenoxy) is 1. The lowest BCUT2D eigenvalue weighted by atomic mass is 9.80. The highest BCUT2D eigenvalue weighted by Gasteiger charge is 2.66. The number of hydrogen-bond donors (Lipinski definition) is 1. The summed E-state index contributed by atoms with van der Waals surface area (Å²) in [6, 6.07) is 7.31. The Kier molecular flexibility index (Phi) is 4.07. The molecule has 0 radical (unpaired) electrons. The van der Waals surface area contributed by atoms with E-state index in [1.807, 2.05) is 43.3 Å². The van der Waals surface area contributed by atoms with Crippen LogP contribution in [0.2, 0.25) is 0 Å². The predicted molar refractivity (Wildman–Crippen MR) is 91.8 cm³/mol. The molecule has 25 heavy (non-hydrogen) atoms. The summed E-state index contributed by atoms with van der Waals surface area (Å²) in [4.78, 5) is 40.7. The number of esters is 1. The van der Waals surface area contributed by atoms with Crippen LogP contribution in [0.5, 0.6) is 0 Å². The number of fused-ring (bicyclic) bond motifs is 1. The monoisotopic (exact) mass is 345 g/mol. The molecule has 4 atom stereocenters. The van der Waals surface area contributed by atoms with E-state index >= 15 is 0 Å². The Bertz CT molecular complexity index is 730. The van der Waals surface area contributed by atoms with Crippen LogP contribution < -0.4 is 10.2 Å². The van der Waals surface area contributed by atoms with Crippen molar-refractivity contribution in [2.24, 2.45) is 11.8 Å². The number of amides is 2. The molecule has 2 saturated heterocycles. The third-order valence-electron chi connectivity index (χ3n) is 5.39. The van der Waals surface area contributed by atoms with Gasteiger partial charge in [-0.1, -0.05) is 12.1 Å². The molecule has 2 heterocycles. The number of rotatable bonds is 3. The zero-order valence-corrected chi connectivity index (χ0v) is 15.1. The van der Waals surface area contributed by atoms with Crippen molar-refractivity contribution < 1.29 is 19.1 Å². The van der Waals surface area contributed by atoms with E-state index in [4.69, 9.17) is 4.74 Å². The van der Waals surface area contributed by atoms with Crippen molar-refractivity contribution in [1.82, 2.24) is 10.2 Å². The molecular formula is C18H23N3O4. The van der Waals surface area contributed by atoms with Gasteiger partial charge in [0, 0.05) is 32.9 Å². The van der Waals surface area contributed by atoms with Crippen molar-refractivity contribution in [1.29, 1.82) is 0 Å². The molecule has 1 N–H and O–H groups in total. The summed E-state index contributed by atoms with van der Waals surface area (Å²) in [5, 5.41) is 3.21. The number of imide groups is 1. The summed E-state index contributed by atoms with van der Waals surface area (Å²) in [6.45, 7) is 1.63. The fourth-order valence-electron chi connectivity index (χ4n) is 3.95. The van der Waals surface area contributed by atoms with Gasteiger partial charge in [0.2, 0.25) is 11.8 Å². The maximum Gasteiger partial charge on any atom is 0.326 e. The van der Waals surface area contributed by atoms with Crippen molar-refractivity contribution in [2.45, 2.75) is 18.5 Å². The lowest BCUT2D eigenvalue weighted by molar-refractivity contribution is -0.152. The van der Waals surface area contributed by atoms with Gasteiger partial charge in [0.05, 0.1) is 18.9 Å². The van der Waals surface area contributed by atoms with E-state index in [1.165, 1.54) is 14.2 Å². The van der Waals surface area contributed by atoms with Gasteiger partial charge < -0.3 is 9.64 Å². The normalized spacial score (nSPS) is 31.2. The van der Waals surface area contributed by atoms with Crippen LogP contribution in [0.25, 0.3) is 0 Å². The molecule has 0 bridgehead atoms. The third-order valence-corrected chi connectivity index (χ3v) is 5.39. The highest BCUT2D eigenvalue weighted by molar-refractivity contribution is 6.09. The Balaban J connectivity index is 2.04. The molecule has 3 rings (SSSR count). The quantitative estimate of drug-likeness (QED) is 0.637. The fourth-order valence-corrected chi connectivity index (χ4v) is 3.95. The first-order valence-electron chi connectivity index (χ1n) is 8.17. The van der Waals surface area contributed by atoms with Crippen LogP contribution in [0.4, 0.5) is 5.69 Å². The summed E-state index contributed by atoms with van der Waals surface area (Å²) in [5.74, 6) is -2.53. The summed E-state index contributed by atoms with van der Waals surface area (Å²) in [7, 11) is 6.64. The van der Waals surface area contributed by atoms with E-state index in [-0.39, 0.29) is 11.8 Å². The second-order valence-corrected chi connectivity index (χ2v) is 7.04. The fraction of sp³-hybridized carbons (Fsp3) is 0.500. The number of hydrogen-bond acceptors (Lipinski definition) is 6. The van der Waals surface area contributed by atoms with Crippen molar-refractivity contribution >= 4 is 23.5 Å². The molecule has 0 aliphatic carbocycles. The van der Waals surface area contributed by atoms with E-state index < -0.39 is 29.4 Å². The average molecular weight is 345 g/mol. The first-order valence-corrected chi connectivity index (χ1v) is 8.17. The number of nitrogens with one attached hydrogen (secondary N) is 1. The van der Waals surface area contributed by atoms with Gasteiger partial charge in [-0.2, -0.15) is 0 Å². The highest BCUT2D eigenvalue weighted by atomic mass is 16.5. The SMILES string of the molecule is COC(=O)[C@]1(C)N[C@H](c2ccc(N(C)C)cc2)[C@H]2C(=O)N(C)C(=O)[C@@H]21. The number of methoxy groups -OCH3 is 1. The molecule has 134 valence electrons. The molecule has 0 spiro atoms. The van der Waals surface area contributed by atoms with Crippen LogP contribution in [0.1, 0.15) is 18.5 Å². The van der Waals surface area contributed by atoms with E-state index in [0.717, 1.165) is 16.2 Å². The number of nitrogens with zero attached hydrogens (tertiary/aromatic N) is 2. The number of benzene rings is 1. The van der Waals surface area contributed by atoms with Gasteiger partial charge in [-0.05, 0) is 24.6 Å². The Morgan fingerprint density at radius 2 is 1.80 bits per heavy atom. The second-order valence-electron chi connectivity index (χ2n) is 7.04. The number of likely N-dealkylation sites (tertiary alicyclic amines) is 1. The van der Waals surface area contributed by atoms with Gasteiger partial charge >= 0.3 is 5.97 Å². The van der Waals surface area contributed by atoms with Crippen LogP contribution >= 0.6 is 0 Å². The van der Waals surface area contributed by atoms with Crippen LogP contribution in [-0.4, -0.2) is 56.5 Å². The van der Waals surface area contributed by atoms with Crippen molar-refractivity contribution in [3.63, 3.8) is 0 Å². The Labute approximate surface area is 146 Å². The number of carbonyl (C=O) groups excluding carboxylic acids is 3. The Morgan fingerprint density at radius 3 is 2.32 bits per heavy atom. The summed E-state index contributed by atoms with van der Waals surface area (Å²) in [6.07, 6.45) is 0. The standard InChI is InChI=1S/C18H23N3O4/c1-18(17(24)25-5)13-12(15(22)21(4)16(13)23)14(19-18)10-6-8-11(9-7-10)20(2)3/h6-9,12-14,19H,1-5H3/t12-,13+,14+,18+/m0/s1. The topological polar surface area (TPSA) is 79.0 Å². The molecule has 7 heteroatoms. The van der Waals surface area contributed by atoms with Crippen LogP contribution in [0, 0.1) is 11.8 Å². The Morgan fingerprint density at radius 1 is 1.20 bits per heavy atom. The maximum atomic E-state index is 12.7. The minimum absolute atomic E-state index is 0.267. The molecule has 1 aromatic carbocycles. The smallest absolute Gasteiger partial charge is 0.326 e. The first-order chi connectivity index (χ1) is 11.7. The van der Waals surface area contributed by atoms with Gasteiger partial charge in [-0.25, -0.2) is 0 Å². The molecule has 2 aliphatic heterocycles. The molecule has 2 aliphatic rings. The van der Waals surface area contributed by atoms with Crippen LogP contribution in [-0.2, 0) is 19.1 Å². The molecule has 2 fully saturated rings. The number of anilines is 1. The molecule has 1 aromatic rings. The molecule has 0 saturated carbocycles. The number of carbonyl (C=O) groups is 3. The van der Waals surface area contributed by atoms with E-state index in [1.54, 1.807) is 6.92 Å². The maximum absolute atomic E-state index is 12.7. The van der Waals surface area contributed by atoms with Gasteiger partial charge in [0.25, 0.3) is 0 Å². The first kappa shape index (κ1) is 17.4. The van der Waals surface area contributed by atoms with Gasteiger partial charge in [-0.15, -0.1) is 0 Å². The highest BCUT2D eigenvalue weighted by Crippen LogP contribution is 2.48. The van der Waals surface area contributed by atoms with Crippen molar-refractivity contribution in [2.75, 3.05) is 33.2 Å². The molecule has 0 aromatic heterocycles. The largest absolute Gasteiger partial charge is 0.468 e. The molecule has 7 nitrogen and oxygen atoms in total. The van der Waals surface area contributed by atoms with Crippen molar-refractivity contribution in [3.8, 4) is 0 Å². The van der Waals surface area contributed by atoms with Crippen molar-refractivity contribution in [3.05, 3.63) is 29.8 Å².